The van der Waals surface area contributed by atoms with Gasteiger partial charge in [0.25, 0.3) is 10.0 Å². The highest BCUT2D eigenvalue weighted by Crippen LogP contribution is 2.35. The first-order valence-electron chi connectivity index (χ1n) is 5.39. The lowest BCUT2D eigenvalue weighted by Gasteiger charge is -2.33. The largest absolute Gasteiger partial charge is 0.381 e. The van der Waals surface area contributed by atoms with Crippen LogP contribution in [-0.2, 0) is 14.8 Å². The van der Waals surface area contributed by atoms with Crippen LogP contribution < -0.4 is 4.72 Å². The Hall–Kier alpha value is 0.340. The third-order valence-corrected chi connectivity index (χ3v) is 7.45. The van der Waals surface area contributed by atoms with Crippen LogP contribution in [0.4, 0.5) is 0 Å². The van der Waals surface area contributed by atoms with Gasteiger partial charge in [0.15, 0.2) is 0 Å². The molecular weight excluding hydrogens is 362 g/mol. The quantitative estimate of drug-likeness (QED) is 0.885. The van der Waals surface area contributed by atoms with Gasteiger partial charge in [-0.2, -0.15) is 0 Å². The first-order chi connectivity index (χ1) is 8.32. The van der Waals surface area contributed by atoms with Gasteiger partial charge in [-0.3, -0.25) is 0 Å². The summed E-state index contributed by atoms with van der Waals surface area (Å²) in [6.07, 6.45) is 1.35. The molecule has 0 unspecified atom stereocenters. The smallest absolute Gasteiger partial charge is 0.250 e. The number of sulfonamides is 1. The molecule has 4 nitrogen and oxygen atoms in total. The molecule has 2 heterocycles. The van der Waals surface area contributed by atoms with Crippen molar-refractivity contribution in [2.24, 2.45) is 0 Å². The Balaban J connectivity index is 2.21. The molecule has 1 aromatic heterocycles. The van der Waals surface area contributed by atoms with Crippen molar-refractivity contribution in [3.63, 3.8) is 0 Å². The van der Waals surface area contributed by atoms with E-state index in [-0.39, 0.29) is 4.21 Å². The van der Waals surface area contributed by atoms with E-state index in [0.29, 0.717) is 34.9 Å². The number of ether oxygens (including phenoxy) is 1. The van der Waals surface area contributed by atoms with Crippen molar-refractivity contribution in [2.75, 3.05) is 13.2 Å². The number of rotatable bonds is 3. The molecule has 0 amide bonds. The van der Waals surface area contributed by atoms with Gasteiger partial charge in [0.2, 0.25) is 0 Å². The maximum atomic E-state index is 12.3. The van der Waals surface area contributed by atoms with Gasteiger partial charge in [-0.15, -0.1) is 11.3 Å². The molecule has 2 rings (SSSR count). The molecule has 1 fully saturated rings. The van der Waals surface area contributed by atoms with Crippen molar-refractivity contribution in [1.29, 1.82) is 0 Å². The van der Waals surface area contributed by atoms with Crippen molar-refractivity contribution in [2.45, 2.75) is 29.5 Å². The van der Waals surface area contributed by atoms with Crippen molar-refractivity contribution in [1.82, 2.24) is 4.72 Å². The van der Waals surface area contributed by atoms with E-state index in [1.165, 1.54) is 6.07 Å². The minimum atomic E-state index is -3.52. The first-order valence-corrected chi connectivity index (χ1v) is 8.86. The second kappa shape index (κ2) is 5.38. The predicted molar refractivity (Wildman–Crippen MR) is 75.8 cm³/mol. The summed E-state index contributed by atoms with van der Waals surface area (Å²) >= 11 is 10.2. The predicted octanol–water partition coefficient (Wildman–Crippen LogP) is 3.01. The van der Waals surface area contributed by atoms with E-state index in [9.17, 15) is 8.42 Å². The van der Waals surface area contributed by atoms with E-state index in [1.807, 2.05) is 6.92 Å². The van der Waals surface area contributed by atoms with Gasteiger partial charge < -0.3 is 4.74 Å². The van der Waals surface area contributed by atoms with E-state index in [4.69, 9.17) is 16.3 Å². The molecule has 0 radical (unpaired) electrons. The average molecular weight is 375 g/mol. The Morgan fingerprint density at radius 2 is 2.11 bits per heavy atom. The number of thiophene rings is 1. The number of halogens is 2. The fourth-order valence-electron chi connectivity index (χ4n) is 1.76. The lowest BCUT2D eigenvalue weighted by molar-refractivity contribution is 0.0538. The van der Waals surface area contributed by atoms with E-state index >= 15 is 0 Å². The molecule has 1 saturated heterocycles. The van der Waals surface area contributed by atoms with Gasteiger partial charge in [0.05, 0.1) is 8.81 Å². The molecule has 0 saturated carbocycles. The second-order valence-corrected chi connectivity index (χ2v) is 9.15. The molecule has 1 N–H and O–H groups in total. The summed E-state index contributed by atoms with van der Waals surface area (Å²) < 4.78 is 33.4. The monoisotopic (exact) mass is 373 g/mol. The van der Waals surface area contributed by atoms with Crippen LogP contribution in [0, 0.1) is 0 Å². The summed E-state index contributed by atoms with van der Waals surface area (Å²) in [5.41, 5.74) is -0.444. The molecule has 1 aromatic rings. The van der Waals surface area contributed by atoms with Crippen LogP contribution >= 0.6 is 38.9 Å². The topological polar surface area (TPSA) is 55.4 Å². The van der Waals surface area contributed by atoms with Crippen molar-refractivity contribution >= 4 is 48.9 Å². The second-order valence-electron chi connectivity index (χ2n) is 4.47. The van der Waals surface area contributed by atoms with Crippen molar-refractivity contribution in [3.05, 3.63) is 14.9 Å². The molecule has 0 atom stereocenters. The number of hydrogen-bond acceptors (Lipinski definition) is 4. The van der Waals surface area contributed by atoms with E-state index in [0.717, 1.165) is 11.3 Å². The van der Waals surface area contributed by atoms with Crippen LogP contribution in [-0.4, -0.2) is 27.2 Å². The van der Waals surface area contributed by atoms with Crippen molar-refractivity contribution < 1.29 is 13.2 Å². The zero-order chi connectivity index (χ0) is 13.4. The molecule has 8 heteroatoms. The third-order valence-electron chi connectivity index (χ3n) is 2.86. The molecular formula is C10H13BrClNO3S2. The first kappa shape index (κ1) is 14.7. The van der Waals surface area contributed by atoms with Crippen LogP contribution in [0.2, 0.25) is 5.02 Å². The fourth-order valence-corrected chi connectivity index (χ4v) is 5.62. The lowest BCUT2D eigenvalue weighted by atomic mass is 9.94. The van der Waals surface area contributed by atoms with E-state index < -0.39 is 15.6 Å². The van der Waals surface area contributed by atoms with Crippen LogP contribution in [0.5, 0.6) is 0 Å². The summed E-state index contributed by atoms with van der Waals surface area (Å²) in [4.78, 5) is 0. The van der Waals surface area contributed by atoms with Gasteiger partial charge >= 0.3 is 0 Å². The van der Waals surface area contributed by atoms with Crippen LogP contribution in [0.15, 0.2) is 14.1 Å². The Bertz CT molecular complexity index is 518. The molecule has 0 aliphatic carbocycles. The highest BCUT2D eigenvalue weighted by Gasteiger charge is 2.33. The Labute approximate surface area is 124 Å². The zero-order valence-corrected chi connectivity index (χ0v) is 13.7. The van der Waals surface area contributed by atoms with E-state index in [2.05, 4.69) is 20.7 Å². The van der Waals surface area contributed by atoms with Gasteiger partial charge in [-0.1, -0.05) is 11.6 Å². The molecule has 1 aliphatic heterocycles. The minimum absolute atomic E-state index is 0.229. The highest BCUT2D eigenvalue weighted by molar-refractivity contribution is 9.11. The Morgan fingerprint density at radius 3 is 2.61 bits per heavy atom. The molecule has 102 valence electrons. The van der Waals surface area contributed by atoms with Crippen molar-refractivity contribution in [3.8, 4) is 0 Å². The maximum Gasteiger partial charge on any atom is 0.250 e. The molecule has 1 aliphatic rings. The summed E-state index contributed by atoms with van der Waals surface area (Å²) in [5.74, 6) is 0. The fraction of sp³-hybridized carbons (Fsp3) is 0.600. The average Bonchev–Trinajstić information content (AvgIpc) is 2.59. The zero-order valence-electron chi connectivity index (χ0n) is 9.70. The number of nitrogens with one attached hydrogen (secondary N) is 1. The highest BCUT2D eigenvalue weighted by atomic mass is 79.9. The third kappa shape index (κ3) is 3.26. The van der Waals surface area contributed by atoms with Crippen LogP contribution in [0.25, 0.3) is 0 Å². The van der Waals surface area contributed by atoms with Crippen LogP contribution in [0.3, 0.4) is 0 Å². The molecule has 0 aromatic carbocycles. The summed E-state index contributed by atoms with van der Waals surface area (Å²) in [6.45, 7) is 3.05. The lowest BCUT2D eigenvalue weighted by Crippen LogP contribution is -2.49. The Morgan fingerprint density at radius 1 is 1.50 bits per heavy atom. The maximum absolute atomic E-state index is 12.3. The summed E-state index contributed by atoms with van der Waals surface area (Å²) in [7, 11) is -3.52. The molecule has 0 bridgehead atoms. The van der Waals surface area contributed by atoms with Crippen LogP contribution in [0.1, 0.15) is 19.8 Å². The minimum Gasteiger partial charge on any atom is -0.381 e. The van der Waals surface area contributed by atoms with Gasteiger partial charge in [0, 0.05) is 18.8 Å². The summed E-state index contributed by atoms with van der Waals surface area (Å²) in [5, 5.41) is 0.414. The van der Waals surface area contributed by atoms with Gasteiger partial charge in [-0.05, 0) is 41.8 Å². The Kier molecular flexibility index (Phi) is 4.40. The molecule has 0 spiro atoms. The summed E-state index contributed by atoms with van der Waals surface area (Å²) in [6, 6.07) is 1.46. The van der Waals surface area contributed by atoms with E-state index in [1.54, 1.807) is 0 Å². The molecule has 18 heavy (non-hydrogen) atoms. The SMILES string of the molecule is CC1(NS(=O)(=O)c2cc(Cl)c(Br)s2)CCOCC1. The normalized spacial score (nSPS) is 19.9. The number of hydrogen-bond donors (Lipinski definition) is 1. The standard InChI is InChI=1S/C10H13BrClNO3S2/c1-10(2-4-16-5-3-10)13-18(14,15)8-6-7(12)9(11)17-8/h6,13H,2-5H2,1H3. The van der Waals surface area contributed by atoms with Gasteiger partial charge in [0.1, 0.15) is 4.21 Å². The van der Waals surface area contributed by atoms with Gasteiger partial charge in [-0.25, -0.2) is 13.1 Å².